The van der Waals surface area contributed by atoms with Crippen molar-refractivity contribution in [2.45, 2.75) is 0 Å². The summed E-state index contributed by atoms with van der Waals surface area (Å²) in [7, 11) is -4.67. The fourth-order valence-corrected chi connectivity index (χ4v) is 0. The molecular weight excluding hydrogens is 192 g/mol. The van der Waals surface area contributed by atoms with E-state index in [1.165, 1.54) is 0 Å². The Hall–Kier alpha value is 0.0400. The van der Waals surface area contributed by atoms with Crippen LogP contribution in [0.4, 0.5) is 0 Å². The molecule has 0 aliphatic carbocycles. The van der Waals surface area contributed by atoms with E-state index in [0.717, 1.165) is 0 Å². The first-order chi connectivity index (χ1) is 3.41. The lowest BCUT2D eigenvalue weighted by Gasteiger charge is -1.68. The van der Waals surface area contributed by atoms with Crippen molar-refractivity contribution in [3.8, 4) is 0 Å². The Morgan fingerprint density at radius 2 is 1.11 bits per heavy atom. The summed E-state index contributed by atoms with van der Waals surface area (Å²) in [6.45, 7) is 0. The topological polar surface area (TPSA) is 109 Å². The summed E-state index contributed by atoms with van der Waals surface area (Å²) in [5.41, 5.74) is 0. The van der Waals surface area contributed by atoms with Crippen molar-refractivity contribution in [3.05, 3.63) is 0 Å². The predicted molar refractivity (Wildman–Crippen MR) is 30.7 cm³/mol. The molecule has 9 heavy (non-hydrogen) atoms. The normalized spacial score (nSPS) is 7.78. The molecule has 0 fully saturated rings. The Labute approximate surface area is 61.9 Å². The third kappa shape index (κ3) is 183000. The summed E-state index contributed by atoms with van der Waals surface area (Å²) in [4.78, 5) is 0. The van der Waals surface area contributed by atoms with Crippen LogP contribution in [0.1, 0.15) is 0 Å². The molecule has 0 spiro atoms. The van der Waals surface area contributed by atoms with Crippen LogP contribution < -0.4 is 0 Å². The highest BCUT2D eigenvalue weighted by molar-refractivity contribution is 7.79. The van der Waals surface area contributed by atoms with Crippen LogP contribution in [0, 0.1) is 0 Å². The molecule has 2 N–H and O–H groups in total. The van der Waals surface area contributed by atoms with E-state index < -0.39 is 22.0 Å². The van der Waals surface area contributed by atoms with Crippen LogP contribution in [-0.2, 0) is 22.0 Å². The molecule has 9 heteroatoms. The molecule has 0 atom stereocenters. The Kier molecular flexibility index (Phi) is 14.3. The van der Waals surface area contributed by atoms with Gasteiger partial charge >= 0.3 is 22.0 Å². The molecule has 0 heterocycles. The Balaban J connectivity index is -0.0000000800. The van der Waals surface area contributed by atoms with Gasteiger partial charge in [0.1, 0.15) is 0 Å². The molecule has 0 aromatic rings. The highest BCUT2D eigenvalue weighted by Gasteiger charge is 1.84. The van der Waals surface area contributed by atoms with Gasteiger partial charge in [0.2, 0.25) is 0 Å². The number of hydrogen-bond donors (Lipinski definition) is 2. The fraction of sp³-hybridized carbons (Fsp3) is 0. The fourth-order valence-electron chi connectivity index (χ4n) is 0. The predicted octanol–water partition coefficient (Wildman–Crippen LogP) is -0.675. The van der Waals surface area contributed by atoms with Gasteiger partial charge in [-0.1, -0.05) is 0 Å². The van der Waals surface area contributed by atoms with Gasteiger partial charge in [0.05, 0.1) is 0 Å². The smallest absolute Gasteiger partial charge is 0.264 e. The largest absolute Gasteiger partial charge is 0.394 e. The van der Waals surface area contributed by atoms with E-state index in [4.69, 9.17) is 25.9 Å². The van der Waals surface area contributed by atoms with Gasteiger partial charge in [0, 0.05) is 13.5 Å². The van der Waals surface area contributed by atoms with E-state index in [1.807, 2.05) is 0 Å². The first-order valence-electron chi connectivity index (χ1n) is 1.03. The van der Waals surface area contributed by atoms with Gasteiger partial charge in [-0.2, -0.15) is 16.8 Å². The second-order valence-electron chi connectivity index (χ2n) is 0.516. The lowest BCUT2D eigenvalue weighted by molar-refractivity contribution is 0.381. The number of hydrogen-bond acceptors (Lipinski definition) is 4. The minimum atomic E-state index is -4.67. The maximum absolute atomic E-state index is 8.74. The minimum absolute atomic E-state index is 0. The van der Waals surface area contributed by atoms with E-state index in [1.54, 1.807) is 0 Å². The molecule has 0 aliphatic rings. The van der Waals surface area contributed by atoms with Crippen molar-refractivity contribution >= 4 is 35.5 Å². The Bertz CT molecular complexity index is 149. The van der Waals surface area contributed by atoms with Crippen LogP contribution in [0.15, 0.2) is 0 Å². The molecule has 0 saturated carbocycles. The van der Waals surface area contributed by atoms with Gasteiger partial charge in [-0.25, -0.2) is 0 Å². The maximum atomic E-state index is 8.74. The molecule has 0 aromatic carbocycles. The van der Waals surface area contributed by atoms with E-state index in [9.17, 15) is 0 Å². The van der Waals surface area contributed by atoms with E-state index in [-0.39, 0.29) is 13.5 Å². The molecule has 0 bridgehead atoms. The summed E-state index contributed by atoms with van der Waals surface area (Å²) in [6.07, 6.45) is 0. The van der Waals surface area contributed by atoms with Gasteiger partial charge in [0.25, 0.3) is 0 Å². The van der Waals surface area contributed by atoms with E-state index in [0.29, 0.717) is 0 Å². The van der Waals surface area contributed by atoms with Gasteiger partial charge < -0.3 is 0 Å². The lowest BCUT2D eigenvalue weighted by atomic mass is 15.8. The summed E-state index contributed by atoms with van der Waals surface area (Å²) in [6, 6.07) is 0. The molecule has 0 amide bonds. The van der Waals surface area contributed by atoms with Crippen LogP contribution in [0.5, 0.6) is 0 Å². The second kappa shape index (κ2) is 8.04. The molecule has 2 radical (unpaired) electrons. The molecule has 0 unspecified atom stereocenters. The Morgan fingerprint density at radius 1 is 1.11 bits per heavy atom. The van der Waals surface area contributed by atoms with E-state index >= 15 is 0 Å². The molecule has 0 saturated heterocycles. The third-order valence-electron chi connectivity index (χ3n) is 0. The minimum Gasteiger partial charge on any atom is -0.264 e. The zero-order valence-corrected chi connectivity index (χ0v) is 6.20. The van der Waals surface area contributed by atoms with Crippen LogP contribution in [0.2, 0.25) is 0 Å². The summed E-state index contributed by atoms with van der Waals surface area (Å²) in [5.74, 6) is 0. The van der Waals surface area contributed by atoms with Crippen molar-refractivity contribution < 1.29 is 25.9 Å². The van der Waals surface area contributed by atoms with Crippen molar-refractivity contribution in [1.29, 1.82) is 0 Å². The van der Waals surface area contributed by atoms with E-state index in [2.05, 4.69) is 0 Å². The zero-order valence-electron chi connectivity index (χ0n) is 3.75. The van der Waals surface area contributed by atoms with Crippen molar-refractivity contribution in [3.63, 3.8) is 0 Å². The molecule has 56 valence electrons. The second-order valence-corrected chi connectivity index (χ2v) is 1.55. The highest BCUT2D eigenvalue weighted by Crippen LogP contribution is 1.59. The third-order valence-corrected chi connectivity index (χ3v) is 0. The first-order valence-corrected chi connectivity index (χ1v) is 3.10. The summed E-state index contributed by atoms with van der Waals surface area (Å²) < 4.78 is 48.2. The lowest BCUT2D eigenvalue weighted by Crippen LogP contribution is -1.89. The van der Waals surface area contributed by atoms with Crippen LogP contribution in [0.3, 0.4) is 0 Å². The Morgan fingerprint density at radius 3 is 1.11 bits per heavy atom. The van der Waals surface area contributed by atoms with Gasteiger partial charge in [-0.3, -0.25) is 9.11 Å². The van der Waals surface area contributed by atoms with Gasteiger partial charge in [-0.05, 0) is 0 Å². The summed E-state index contributed by atoms with van der Waals surface area (Å²) >= 11 is -0.750. The molecule has 6 nitrogen and oxygen atoms in total. The molecule has 0 aliphatic heterocycles. The highest BCUT2D eigenvalue weighted by atomic mass is 32.3. The van der Waals surface area contributed by atoms with Crippen molar-refractivity contribution in [2.24, 2.45) is 0 Å². The average molecular weight is 194 g/mol. The molecular formula is H2O6S3. The van der Waals surface area contributed by atoms with Crippen molar-refractivity contribution in [2.75, 3.05) is 0 Å². The average Bonchev–Trinajstić information content (AvgIpc) is 1.27. The maximum Gasteiger partial charge on any atom is 0.394 e. The van der Waals surface area contributed by atoms with Gasteiger partial charge in [0.15, 0.2) is 0 Å². The SMILES string of the molecule is O=S(=O)(O)O.O=S=O.[S]. The van der Waals surface area contributed by atoms with Gasteiger partial charge in [-0.15, -0.1) is 0 Å². The monoisotopic (exact) mass is 194 g/mol. The molecule has 0 aromatic heterocycles. The number of rotatable bonds is 0. The quantitative estimate of drug-likeness (QED) is 0.495. The molecule has 0 rings (SSSR count). The summed E-state index contributed by atoms with van der Waals surface area (Å²) in [5, 5.41) is 0. The standard InChI is InChI=1S/H2O4S.O2S.S/c1-5(2,3)4;1-3-2;/h(H2,1,2,3,4);;. The zero-order chi connectivity index (χ0) is 7.21. The van der Waals surface area contributed by atoms with Crippen LogP contribution in [-0.4, -0.2) is 25.9 Å². The first kappa shape index (κ1) is 16.0. The van der Waals surface area contributed by atoms with Crippen LogP contribution in [0.25, 0.3) is 0 Å². The van der Waals surface area contributed by atoms with Crippen molar-refractivity contribution in [1.82, 2.24) is 0 Å². The van der Waals surface area contributed by atoms with Crippen LogP contribution >= 0.6 is 13.5 Å².